The molecule has 0 saturated heterocycles. The third-order valence-corrected chi connectivity index (χ3v) is 6.77. The first-order valence-electron chi connectivity index (χ1n) is 10.6. The topological polar surface area (TPSA) is 113 Å². The molecule has 3 aromatic rings. The van der Waals surface area contributed by atoms with Crippen molar-refractivity contribution in [2.75, 3.05) is 30.9 Å². The van der Waals surface area contributed by atoms with E-state index in [9.17, 15) is 14.9 Å². The Morgan fingerprint density at radius 1 is 1.16 bits per heavy atom. The van der Waals surface area contributed by atoms with Gasteiger partial charge in [0, 0.05) is 38.1 Å². The van der Waals surface area contributed by atoms with Gasteiger partial charge in [-0.3, -0.25) is 14.9 Å². The van der Waals surface area contributed by atoms with E-state index in [1.807, 2.05) is 43.3 Å². The van der Waals surface area contributed by atoms with Crippen LogP contribution in [0.4, 0.5) is 16.8 Å². The monoisotopic (exact) mass is 454 g/mol. The van der Waals surface area contributed by atoms with E-state index in [0.717, 1.165) is 53.7 Å². The molecule has 10 heteroatoms. The molecule has 1 fully saturated rings. The molecule has 0 spiro atoms. The third kappa shape index (κ3) is 4.96. The van der Waals surface area contributed by atoms with Crippen molar-refractivity contribution in [2.45, 2.75) is 31.7 Å². The Morgan fingerprint density at radius 2 is 1.91 bits per heavy atom. The lowest BCUT2D eigenvalue weighted by Gasteiger charge is -2.29. The molecule has 0 radical (unpaired) electrons. The number of amides is 1. The summed E-state index contributed by atoms with van der Waals surface area (Å²) in [6, 6.07) is 11.2. The van der Waals surface area contributed by atoms with Crippen LogP contribution in [0.5, 0.6) is 0 Å². The molecule has 2 aromatic heterocycles. The fourth-order valence-corrected chi connectivity index (χ4v) is 4.77. The van der Waals surface area contributed by atoms with Gasteiger partial charge in [0.15, 0.2) is 0 Å². The van der Waals surface area contributed by atoms with Gasteiger partial charge in [0.1, 0.15) is 5.82 Å². The van der Waals surface area contributed by atoms with Gasteiger partial charge in [0.05, 0.1) is 15.3 Å². The fraction of sp³-hybridized carbons (Fsp3) is 0.409. The molecule has 32 heavy (non-hydrogen) atoms. The summed E-state index contributed by atoms with van der Waals surface area (Å²) >= 11 is 0.903. The second-order valence-electron chi connectivity index (χ2n) is 8.25. The maximum absolute atomic E-state index is 12.3. The van der Waals surface area contributed by atoms with Crippen molar-refractivity contribution in [3.63, 3.8) is 0 Å². The molecular weight excluding hydrogens is 428 g/mol. The summed E-state index contributed by atoms with van der Waals surface area (Å²) < 4.78 is 0. The van der Waals surface area contributed by atoms with Gasteiger partial charge in [-0.15, -0.1) is 0 Å². The summed E-state index contributed by atoms with van der Waals surface area (Å²) in [5.74, 6) is 1.68. The molecule has 9 nitrogen and oxygen atoms in total. The average molecular weight is 455 g/mol. The number of carbonyl (C=O) groups excluding carboxylic acids is 1. The van der Waals surface area contributed by atoms with E-state index in [0.29, 0.717) is 23.3 Å². The standard InChI is InChI=1S/C22H26N6O3S/c1-27(2)20-16-5-3-4-6-17(16)25-22(26-20)24-15-9-7-14(8-10-15)13-23-21(29)18-11-12-19(32-18)28(30)31/h3-6,11-12,14-15H,7-10,13H2,1-2H3,(H,23,29)(H,24,25,26)/t14-,15+. The Kier molecular flexibility index (Phi) is 6.50. The first kappa shape index (κ1) is 21.9. The molecule has 0 bridgehead atoms. The van der Waals surface area contributed by atoms with Crippen LogP contribution in [0.15, 0.2) is 36.4 Å². The normalized spacial score (nSPS) is 18.3. The van der Waals surface area contributed by atoms with E-state index in [-0.39, 0.29) is 17.0 Å². The van der Waals surface area contributed by atoms with Crippen molar-refractivity contribution < 1.29 is 9.72 Å². The Morgan fingerprint density at radius 3 is 2.59 bits per heavy atom. The molecular formula is C22H26N6O3S. The summed E-state index contributed by atoms with van der Waals surface area (Å²) in [5, 5.41) is 18.2. The zero-order valence-electron chi connectivity index (χ0n) is 18.1. The zero-order chi connectivity index (χ0) is 22.7. The number of para-hydroxylation sites is 1. The summed E-state index contributed by atoms with van der Waals surface area (Å²) in [6.07, 6.45) is 3.91. The molecule has 1 aliphatic carbocycles. The average Bonchev–Trinajstić information content (AvgIpc) is 3.29. The quantitative estimate of drug-likeness (QED) is 0.409. The second kappa shape index (κ2) is 9.47. The van der Waals surface area contributed by atoms with Crippen LogP contribution >= 0.6 is 11.3 Å². The number of nitro groups is 1. The molecule has 1 aliphatic rings. The molecule has 0 atom stereocenters. The summed E-state index contributed by atoms with van der Waals surface area (Å²) in [6.45, 7) is 0.578. The number of rotatable bonds is 7. The molecule has 168 valence electrons. The van der Waals surface area contributed by atoms with Crippen LogP contribution < -0.4 is 15.5 Å². The third-order valence-electron chi connectivity index (χ3n) is 5.73. The minimum atomic E-state index is -0.476. The summed E-state index contributed by atoms with van der Waals surface area (Å²) in [7, 11) is 3.96. The van der Waals surface area contributed by atoms with Crippen molar-refractivity contribution >= 4 is 44.9 Å². The van der Waals surface area contributed by atoms with Gasteiger partial charge in [0.2, 0.25) is 5.95 Å². The minimum absolute atomic E-state index is 0.0185. The van der Waals surface area contributed by atoms with E-state index in [4.69, 9.17) is 4.98 Å². The van der Waals surface area contributed by atoms with Crippen molar-refractivity contribution in [1.82, 2.24) is 15.3 Å². The SMILES string of the molecule is CN(C)c1nc(N[C@H]2CC[C@@H](CNC(=O)c3ccc([N+](=O)[O-])s3)CC2)nc2ccccc12. The number of hydrogen-bond acceptors (Lipinski definition) is 8. The number of nitrogens with one attached hydrogen (secondary N) is 2. The molecule has 1 aromatic carbocycles. The first-order chi connectivity index (χ1) is 15.4. The number of fused-ring (bicyclic) bond motifs is 1. The number of aromatic nitrogens is 2. The zero-order valence-corrected chi connectivity index (χ0v) is 18.9. The molecule has 0 aliphatic heterocycles. The maximum Gasteiger partial charge on any atom is 0.324 e. The van der Waals surface area contributed by atoms with Crippen LogP contribution in [-0.4, -0.2) is 47.5 Å². The second-order valence-corrected chi connectivity index (χ2v) is 9.31. The van der Waals surface area contributed by atoms with Crippen molar-refractivity contribution in [3.8, 4) is 0 Å². The van der Waals surface area contributed by atoms with E-state index in [1.165, 1.54) is 12.1 Å². The Balaban J connectivity index is 1.30. The Bertz CT molecular complexity index is 1120. The predicted molar refractivity (Wildman–Crippen MR) is 127 cm³/mol. The lowest BCUT2D eigenvalue weighted by Crippen LogP contribution is -2.34. The highest BCUT2D eigenvalue weighted by molar-refractivity contribution is 7.17. The van der Waals surface area contributed by atoms with E-state index in [1.54, 1.807) is 0 Å². The minimum Gasteiger partial charge on any atom is -0.362 e. The van der Waals surface area contributed by atoms with Crippen molar-refractivity contribution in [3.05, 3.63) is 51.4 Å². The summed E-state index contributed by atoms with van der Waals surface area (Å²) in [5.41, 5.74) is 0.916. The maximum atomic E-state index is 12.3. The fourth-order valence-electron chi connectivity index (χ4n) is 4.03. The van der Waals surface area contributed by atoms with Crippen LogP contribution in [0.1, 0.15) is 35.4 Å². The highest BCUT2D eigenvalue weighted by atomic mass is 32.1. The van der Waals surface area contributed by atoms with Crippen LogP contribution in [0.25, 0.3) is 10.9 Å². The molecule has 1 amide bonds. The van der Waals surface area contributed by atoms with Crippen LogP contribution in [0, 0.1) is 16.0 Å². The van der Waals surface area contributed by atoms with Gasteiger partial charge < -0.3 is 15.5 Å². The van der Waals surface area contributed by atoms with Gasteiger partial charge in [0.25, 0.3) is 5.91 Å². The van der Waals surface area contributed by atoms with E-state index >= 15 is 0 Å². The lowest BCUT2D eigenvalue weighted by molar-refractivity contribution is -0.380. The first-order valence-corrected chi connectivity index (χ1v) is 11.5. The number of benzene rings is 1. The van der Waals surface area contributed by atoms with Gasteiger partial charge in [-0.2, -0.15) is 4.98 Å². The smallest absolute Gasteiger partial charge is 0.324 e. The number of anilines is 2. The van der Waals surface area contributed by atoms with Crippen molar-refractivity contribution in [2.24, 2.45) is 5.92 Å². The molecule has 2 heterocycles. The largest absolute Gasteiger partial charge is 0.362 e. The highest BCUT2D eigenvalue weighted by Crippen LogP contribution is 2.29. The number of hydrogen-bond donors (Lipinski definition) is 2. The van der Waals surface area contributed by atoms with Gasteiger partial charge >= 0.3 is 5.00 Å². The van der Waals surface area contributed by atoms with Crippen LogP contribution in [-0.2, 0) is 0 Å². The molecule has 2 N–H and O–H groups in total. The number of thiophene rings is 1. The number of carbonyl (C=O) groups is 1. The van der Waals surface area contributed by atoms with Gasteiger partial charge in [-0.1, -0.05) is 23.5 Å². The van der Waals surface area contributed by atoms with E-state index < -0.39 is 4.92 Å². The van der Waals surface area contributed by atoms with Gasteiger partial charge in [-0.25, -0.2) is 4.98 Å². The highest BCUT2D eigenvalue weighted by Gasteiger charge is 2.23. The molecule has 4 rings (SSSR count). The van der Waals surface area contributed by atoms with E-state index in [2.05, 4.69) is 15.6 Å². The van der Waals surface area contributed by atoms with Gasteiger partial charge in [-0.05, 0) is 49.8 Å². The Labute approximate surface area is 190 Å². The Hall–Kier alpha value is -3.27. The summed E-state index contributed by atoms with van der Waals surface area (Å²) in [4.78, 5) is 34.4. The molecule has 0 unspecified atom stereocenters. The van der Waals surface area contributed by atoms with Crippen LogP contribution in [0.2, 0.25) is 0 Å². The lowest BCUT2D eigenvalue weighted by atomic mass is 9.86. The number of nitrogens with zero attached hydrogens (tertiary/aromatic N) is 4. The van der Waals surface area contributed by atoms with Crippen molar-refractivity contribution in [1.29, 1.82) is 0 Å². The predicted octanol–water partition coefficient (Wildman–Crippen LogP) is 4.07. The van der Waals surface area contributed by atoms with Crippen LogP contribution in [0.3, 0.4) is 0 Å². The molecule has 1 saturated carbocycles.